The van der Waals surface area contributed by atoms with Crippen LogP contribution < -0.4 is 16.4 Å². The molecule has 0 bridgehead atoms. The van der Waals surface area contributed by atoms with Crippen LogP contribution in [0.4, 0.5) is 0 Å². The third kappa shape index (κ3) is 8.17. The van der Waals surface area contributed by atoms with Crippen molar-refractivity contribution in [2.75, 3.05) is 0 Å². The number of nitrogens with one attached hydrogen (secondary N) is 3. The van der Waals surface area contributed by atoms with E-state index in [-0.39, 0.29) is 11.5 Å². The largest absolute Gasteiger partial charge is 0.370 e. The maximum atomic E-state index is 7.04. The molecule has 0 aliphatic carbocycles. The molecule has 0 heterocycles. The summed E-state index contributed by atoms with van der Waals surface area (Å²) in [6, 6.07) is 0. The van der Waals surface area contributed by atoms with Crippen LogP contribution in [0.3, 0.4) is 0 Å². The summed E-state index contributed by atoms with van der Waals surface area (Å²) < 4.78 is 0. The quantitative estimate of drug-likeness (QED) is 0.251. The van der Waals surface area contributed by atoms with Crippen molar-refractivity contribution in [3.63, 3.8) is 0 Å². The second-order valence-electron chi connectivity index (χ2n) is 4.33. The van der Waals surface area contributed by atoms with Crippen molar-refractivity contribution in [2.24, 2.45) is 5.73 Å². The molecule has 15 heavy (non-hydrogen) atoms. The van der Waals surface area contributed by atoms with Crippen LogP contribution in [0.15, 0.2) is 0 Å². The number of hydrogen-bond acceptors (Lipinski definition) is 2. The Balaban J connectivity index is 3.90. The standard InChI is InChI=1S/C10H22N4S/c1-4-5-6-7-10(2,3)14-9(15)13-8(11)12/h4-7H2,1-3H3,(H5,11,12,13,14,15). The van der Waals surface area contributed by atoms with Crippen LogP contribution in [-0.4, -0.2) is 16.6 Å². The molecule has 0 saturated carbocycles. The van der Waals surface area contributed by atoms with Crippen molar-refractivity contribution in [3.05, 3.63) is 0 Å². The number of nitrogens with two attached hydrogens (primary N) is 1. The highest BCUT2D eigenvalue weighted by Gasteiger charge is 2.17. The van der Waals surface area contributed by atoms with Gasteiger partial charge in [-0.3, -0.25) is 5.41 Å². The molecular weight excluding hydrogens is 208 g/mol. The van der Waals surface area contributed by atoms with E-state index in [1.807, 2.05) is 0 Å². The topological polar surface area (TPSA) is 73.9 Å². The molecule has 5 heteroatoms. The molecule has 0 aromatic heterocycles. The van der Waals surface area contributed by atoms with Gasteiger partial charge in [-0.25, -0.2) is 0 Å². The molecule has 0 atom stereocenters. The molecule has 0 amide bonds. The smallest absolute Gasteiger partial charge is 0.192 e. The lowest BCUT2D eigenvalue weighted by atomic mass is 9.97. The van der Waals surface area contributed by atoms with Crippen LogP contribution in [0.5, 0.6) is 0 Å². The third-order valence-corrected chi connectivity index (χ3v) is 2.31. The van der Waals surface area contributed by atoms with Gasteiger partial charge in [-0.15, -0.1) is 0 Å². The van der Waals surface area contributed by atoms with Gasteiger partial charge in [-0.1, -0.05) is 26.2 Å². The number of thiocarbonyl (C=S) groups is 1. The van der Waals surface area contributed by atoms with Crippen LogP contribution in [-0.2, 0) is 0 Å². The summed E-state index contributed by atoms with van der Waals surface area (Å²) in [5.74, 6) is -0.128. The van der Waals surface area contributed by atoms with E-state index in [0.29, 0.717) is 5.11 Å². The normalized spacial score (nSPS) is 10.9. The minimum atomic E-state index is -0.128. The minimum Gasteiger partial charge on any atom is -0.370 e. The zero-order chi connectivity index (χ0) is 11.9. The van der Waals surface area contributed by atoms with E-state index in [2.05, 4.69) is 31.4 Å². The van der Waals surface area contributed by atoms with Crippen molar-refractivity contribution in [3.8, 4) is 0 Å². The zero-order valence-electron chi connectivity index (χ0n) is 9.81. The molecule has 0 spiro atoms. The molecular formula is C10H22N4S. The summed E-state index contributed by atoms with van der Waals surface area (Å²) in [7, 11) is 0. The lowest BCUT2D eigenvalue weighted by molar-refractivity contribution is 0.404. The zero-order valence-corrected chi connectivity index (χ0v) is 10.6. The van der Waals surface area contributed by atoms with Gasteiger partial charge in [0.2, 0.25) is 0 Å². The number of unbranched alkanes of at least 4 members (excludes halogenated alkanes) is 2. The Labute approximate surface area is 97.5 Å². The summed E-state index contributed by atoms with van der Waals surface area (Å²) in [6.45, 7) is 6.37. The number of guanidine groups is 1. The highest BCUT2D eigenvalue weighted by molar-refractivity contribution is 7.80. The molecule has 0 aromatic carbocycles. The van der Waals surface area contributed by atoms with E-state index in [9.17, 15) is 0 Å². The van der Waals surface area contributed by atoms with E-state index in [1.165, 1.54) is 19.3 Å². The van der Waals surface area contributed by atoms with Crippen LogP contribution in [0.2, 0.25) is 0 Å². The highest BCUT2D eigenvalue weighted by atomic mass is 32.1. The highest BCUT2D eigenvalue weighted by Crippen LogP contribution is 2.13. The molecule has 0 aliphatic heterocycles. The van der Waals surface area contributed by atoms with Gasteiger partial charge >= 0.3 is 0 Å². The number of hydrogen-bond donors (Lipinski definition) is 4. The van der Waals surface area contributed by atoms with Crippen molar-refractivity contribution < 1.29 is 0 Å². The predicted octanol–water partition coefficient (Wildman–Crippen LogP) is 1.70. The minimum absolute atomic E-state index is 0.0469. The molecule has 0 rings (SSSR count). The van der Waals surface area contributed by atoms with Crippen LogP contribution in [0.1, 0.15) is 46.5 Å². The summed E-state index contributed by atoms with van der Waals surface area (Å²) in [6.07, 6.45) is 4.68. The Kier molecular flexibility index (Phi) is 6.24. The van der Waals surface area contributed by atoms with Gasteiger partial charge < -0.3 is 16.4 Å². The molecule has 88 valence electrons. The molecule has 0 fully saturated rings. The fourth-order valence-corrected chi connectivity index (χ4v) is 1.73. The van der Waals surface area contributed by atoms with E-state index < -0.39 is 0 Å². The maximum Gasteiger partial charge on any atom is 0.192 e. The van der Waals surface area contributed by atoms with Crippen molar-refractivity contribution >= 4 is 23.3 Å². The van der Waals surface area contributed by atoms with Crippen LogP contribution in [0.25, 0.3) is 0 Å². The van der Waals surface area contributed by atoms with Gasteiger partial charge in [0.1, 0.15) is 0 Å². The predicted molar refractivity (Wildman–Crippen MR) is 69.0 cm³/mol. The molecule has 0 saturated heterocycles. The summed E-state index contributed by atoms with van der Waals surface area (Å²) in [5.41, 5.74) is 5.13. The van der Waals surface area contributed by atoms with Crippen LogP contribution >= 0.6 is 12.2 Å². The van der Waals surface area contributed by atoms with E-state index >= 15 is 0 Å². The van der Waals surface area contributed by atoms with Gasteiger partial charge in [0.05, 0.1) is 0 Å². The second kappa shape index (κ2) is 6.61. The second-order valence-corrected chi connectivity index (χ2v) is 4.74. The van der Waals surface area contributed by atoms with Crippen molar-refractivity contribution in [2.45, 2.75) is 52.0 Å². The number of rotatable bonds is 5. The summed E-state index contributed by atoms with van der Waals surface area (Å²) in [4.78, 5) is 0. The summed E-state index contributed by atoms with van der Waals surface area (Å²) in [5, 5.41) is 13.2. The molecule has 0 unspecified atom stereocenters. The lowest BCUT2D eigenvalue weighted by Crippen LogP contribution is -2.51. The Morgan fingerprint density at radius 3 is 2.47 bits per heavy atom. The van der Waals surface area contributed by atoms with E-state index in [1.54, 1.807) is 0 Å². The van der Waals surface area contributed by atoms with Crippen LogP contribution in [0, 0.1) is 5.41 Å². The maximum absolute atomic E-state index is 7.04. The first kappa shape index (κ1) is 14.2. The van der Waals surface area contributed by atoms with Crippen molar-refractivity contribution in [1.82, 2.24) is 10.6 Å². The SMILES string of the molecule is CCCCCC(C)(C)NC(=S)NC(=N)N. The first-order valence-corrected chi connectivity index (χ1v) is 5.71. The van der Waals surface area contributed by atoms with Gasteiger partial charge in [-0.05, 0) is 32.5 Å². The average molecular weight is 230 g/mol. The molecule has 5 N–H and O–H groups in total. The Morgan fingerprint density at radius 1 is 1.40 bits per heavy atom. The molecule has 0 radical (unpaired) electrons. The molecule has 4 nitrogen and oxygen atoms in total. The van der Waals surface area contributed by atoms with E-state index in [4.69, 9.17) is 23.4 Å². The van der Waals surface area contributed by atoms with Gasteiger partial charge in [0.25, 0.3) is 0 Å². The van der Waals surface area contributed by atoms with Crippen molar-refractivity contribution in [1.29, 1.82) is 5.41 Å². The third-order valence-electron chi connectivity index (χ3n) is 2.11. The fraction of sp³-hybridized carbons (Fsp3) is 0.800. The van der Waals surface area contributed by atoms with Gasteiger partial charge in [0.15, 0.2) is 11.1 Å². The molecule has 0 aliphatic rings. The van der Waals surface area contributed by atoms with E-state index in [0.717, 1.165) is 6.42 Å². The monoisotopic (exact) mass is 230 g/mol. The van der Waals surface area contributed by atoms with Gasteiger partial charge in [0, 0.05) is 5.54 Å². The lowest BCUT2D eigenvalue weighted by Gasteiger charge is -2.27. The first-order chi connectivity index (χ1) is 6.87. The van der Waals surface area contributed by atoms with Gasteiger partial charge in [-0.2, -0.15) is 0 Å². The Hall–Kier alpha value is -0.840. The first-order valence-electron chi connectivity index (χ1n) is 5.30. The average Bonchev–Trinajstić information content (AvgIpc) is 2.00. The fourth-order valence-electron chi connectivity index (χ4n) is 1.34. The summed E-state index contributed by atoms with van der Waals surface area (Å²) >= 11 is 5.01. The molecule has 0 aromatic rings. The Bertz CT molecular complexity index is 225. The Morgan fingerprint density at radius 2 is 2.00 bits per heavy atom.